The van der Waals surface area contributed by atoms with Crippen LogP contribution < -0.4 is 0 Å². The molecule has 5 nitrogen and oxygen atoms in total. The number of nitrogens with zero attached hydrogens (tertiary/aromatic N) is 1. The van der Waals surface area contributed by atoms with E-state index in [9.17, 15) is 9.59 Å². The molecule has 0 N–H and O–H groups in total. The van der Waals surface area contributed by atoms with Crippen LogP contribution in [0.25, 0.3) is 0 Å². The molecule has 86 valence electrons. The van der Waals surface area contributed by atoms with Gasteiger partial charge in [0.1, 0.15) is 6.61 Å². The van der Waals surface area contributed by atoms with E-state index in [1.807, 2.05) is 30.3 Å². The molecule has 0 saturated carbocycles. The van der Waals surface area contributed by atoms with E-state index in [2.05, 4.69) is 4.84 Å². The molecule has 0 aliphatic rings. The maximum atomic E-state index is 10.9. The summed E-state index contributed by atoms with van der Waals surface area (Å²) in [7, 11) is 0. The molecule has 0 aromatic heterocycles. The van der Waals surface area contributed by atoms with E-state index in [1.165, 1.54) is 0 Å². The summed E-state index contributed by atoms with van der Waals surface area (Å²) in [5.41, 5.74) is 0.877. The molecule has 0 spiro atoms. The normalized spacial score (nSPS) is 9.56. The van der Waals surface area contributed by atoms with Crippen molar-refractivity contribution in [3.8, 4) is 0 Å². The Morgan fingerprint density at radius 2 is 2.06 bits per heavy atom. The molecule has 1 aromatic rings. The molecular formula is C11H13NO4. The van der Waals surface area contributed by atoms with Crippen molar-refractivity contribution in [1.29, 1.82) is 0 Å². The van der Waals surface area contributed by atoms with Gasteiger partial charge < -0.3 is 4.84 Å². The molecule has 0 atom stereocenters. The van der Waals surface area contributed by atoms with Crippen molar-refractivity contribution in [2.45, 2.75) is 20.0 Å². The minimum Gasteiger partial charge on any atom is -0.312 e. The minimum atomic E-state index is -0.528. The highest BCUT2D eigenvalue weighted by molar-refractivity contribution is 5.69. The first-order valence-electron chi connectivity index (χ1n) is 4.88. The zero-order valence-corrected chi connectivity index (χ0v) is 8.96. The van der Waals surface area contributed by atoms with Gasteiger partial charge in [0.05, 0.1) is 0 Å². The van der Waals surface area contributed by atoms with Crippen LogP contribution in [0.4, 0.5) is 0 Å². The van der Waals surface area contributed by atoms with Gasteiger partial charge in [-0.1, -0.05) is 37.3 Å². The molecule has 0 radical (unpaired) electrons. The van der Waals surface area contributed by atoms with Crippen molar-refractivity contribution in [3.05, 3.63) is 35.9 Å². The Balaban J connectivity index is 2.40. The van der Waals surface area contributed by atoms with Crippen LogP contribution in [0, 0.1) is 0 Å². The van der Waals surface area contributed by atoms with E-state index in [0.717, 1.165) is 5.56 Å². The largest absolute Gasteiger partial charge is 0.335 e. The monoisotopic (exact) mass is 223 g/mol. The summed E-state index contributed by atoms with van der Waals surface area (Å²) in [6, 6.07) is 9.25. The van der Waals surface area contributed by atoms with Crippen LogP contribution in [-0.4, -0.2) is 17.6 Å². The lowest BCUT2D eigenvalue weighted by Crippen LogP contribution is -2.25. The first kappa shape index (κ1) is 12.2. The van der Waals surface area contributed by atoms with E-state index in [1.54, 1.807) is 6.92 Å². The standard InChI is InChI=1S/C11H13NO4/c1-2-11(14)16-12(9-13)15-8-10-6-4-3-5-7-10/h3-7,9H,2,8H2,1H3. The second-order valence-electron chi connectivity index (χ2n) is 2.97. The van der Waals surface area contributed by atoms with E-state index >= 15 is 0 Å². The van der Waals surface area contributed by atoms with Gasteiger partial charge in [0.15, 0.2) is 0 Å². The Labute approximate surface area is 93.5 Å². The summed E-state index contributed by atoms with van der Waals surface area (Å²) in [5.74, 6) is -0.528. The van der Waals surface area contributed by atoms with Crippen LogP contribution in [0.5, 0.6) is 0 Å². The van der Waals surface area contributed by atoms with Gasteiger partial charge in [-0.05, 0) is 10.8 Å². The number of hydroxylamine groups is 2. The second kappa shape index (κ2) is 6.58. The predicted octanol–water partition coefficient (Wildman–Crippen LogP) is 1.44. The number of carbonyl (C=O) groups excluding carboxylic acids is 2. The molecule has 0 heterocycles. The maximum absolute atomic E-state index is 10.9. The van der Waals surface area contributed by atoms with Gasteiger partial charge in [-0.25, -0.2) is 9.63 Å². The fourth-order valence-electron chi connectivity index (χ4n) is 0.956. The molecule has 0 aliphatic carbocycles. The average Bonchev–Trinajstić information content (AvgIpc) is 2.35. The summed E-state index contributed by atoms with van der Waals surface area (Å²) in [4.78, 5) is 30.9. The topological polar surface area (TPSA) is 55.8 Å². The van der Waals surface area contributed by atoms with Crippen LogP contribution in [0.2, 0.25) is 0 Å². The Bertz CT molecular complexity index is 339. The van der Waals surface area contributed by atoms with Crippen LogP contribution >= 0.6 is 0 Å². The zero-order valence-electron chi connectivity index (χ0n) is 8.96. The average molecular weight is 223 g/mol. The minimum absolute atomic E-state index is 0.163. The van der Waals surface area contributed by atoms with Crippen molar-refractivity contribution in [3.63, 3.8) is 0 Å². The van der Waals surface area contributed by atoms with Crippen LogP contribution in [0.3, 0.4) is 0 Å². The highest BCUT2D eigenvalue weighted by atomic mass is 17.0. The molecule has 0 fully saturated rings. The van der Waals surface area contributed by atoms with E-state index in [-0.39, 0.29) is 13.0 Å². The van der Waals surface area contributed by atoms with E-state index in [0.29, 0.717) is 11.6 Å². The molecule has 5 heteroatoms. The SMILES string of the molecule is CCC(=O)ON(C=O)OCc1ccccc1. The fourth-order valence-corrected chi connectivity index (χ4v) is 0.956. The summed E-state index contributed by atoms with van der Waals surface area (Å²) in [6.07, 6.45) is 0.482. The maximum Gasteiger partial charge on any atom is 0.335 e. The second-order valence-corrected chi connectivity index (χ2v) is 2.97. The quantitative estimate of drug-likeness (QED) is 0.541. The molecule has 0 aliphatic heterocycles. The summed E-state index contributed by atoms with van der Waals surface area (Å²) in [5, 5.41) is 0.527. The van der Waals surface area contributed by atoms with E-state index < -0.39 is 5.97 Å². The molecular weight excluding hydrogens is 210 g/mol. The number of hydrogen-bond acceptors (Lipinski definition) is 4. The summed E-state index contributed by atoms with van der Waals surface area (Å²) in [6.45, 7) is 1.79. The van der Waals surface area contributed by atoms with Gasteiger partial charge in [0.2, 0.25) is 0 Å². The van der Waals surface area contributed by atoms with Gasteiger partial charge in [0, 0.05) is 6.42 Å². The Kier molecular flexibility index (Phi) is 5.01. The van der Waals surface area contributed by atoms with Crippen LogP contribution in [-0.2, 0) is 25.9 Å². The summed E-state index contributed by atoms with van der Waals surface area (Å²) < 4.78 is 0. The van der Waals surface area contributed by atoms with Crippen LogP contribution in [0.1, 0.15) is 18.9 Å². The van der Waals surface area contributed by atoms with Gasteiger partial charge in [-0.2, -0.15) is 0 Å². The Morgan fingerprint density at radius 1 is 1.38 bits per heavy atom. The van der Waals surface area contributed by atoms with Crippen LogP contribution in [0.15, 0.2) is 30.3 Å². The molecule has 0 saturated heterocycles. The van der Waals surface area contributed by atoms with Gasteiger partial charge >= 0.3 is 5.97 Å². The lowest BCUT2D eigenvalue weighted by molar-refractivity contribution is -0.320. The highest BCUT2D eigenvalue weighted by Crippen LogP contribution is 2.02. The van der Waals surface area contributed by atoms with Crippen molar-refractivity contribution in [2.24, 2.45) is 0 Å². The molecule has 1 rings (SSSR count). The third-order valence-corrected chi connectivity index (χ3v) is 1.77. The lowest BCUT2D eigenvalue weighted by Gasteiger charge is -2.14. The van der Waals surface area contributed by atoms with Crippen molar-refractivity contribution >= 4 is 12.4 Å². The summed E-state index contributed by atoms with van der Waals surface area (Å²) >= 11 is 0. The predicted molar refractivity (Wildman–Crippen MR) is 55.5 cm³/mol. The van der Waals surface area contributed by atoms with Crippen molar-refractivity contribution in [1.82, 2.24) is 5.23 Å². The molecule has 1 amide bonds. The van der Waals surface area contributed by atoms with Gasteiger partial charge in [-0.3, -0.25) is 4.79 Å². The Morgan fingerprint density at radius 3 is 2.62 bits per heavy atom. The van der Waals surface area contributed by atoms with Gasteiger partial charge in [0.25, 0.3) is 6.41 Å². The first-order chi connectivity index (χ1) is 7.76. The first-order valence-corrected chi connectivity index (χ1v) is 4.88. The number of benzene rings is 1. The smallest absolute Gasteiger partial charge is 0.312 e. The number of amides is 1. The zero-order chi connectivity index (χ0) is 11.8. The molecule has 1 aromatic carbocycles. The third kappa shape index (κ3) is 4.10. The number of hydrogen-bond donors (Lipinski definition) is 0. The fraction of sp³-hybridized carbons (Fsp3) is 0.273. The molecule has 0 bridgehead atoms. The highest BCUT2D eigenvalue weighted by Gasteiger charge is 2.08. The Hall–Kier alpha value is -1.88. The third-order valence-electron chi connectivity index (χ3n) is 1.77. The van der Waals surface area contributed by atoms with Gasteiger partial charge in [-0.15, -0.1) is 0 Å². The van der Waals surface area contributed by atoms with Crippen molar-refractivity contribution < 1.29 is 19.3 Å². The molecule has 16 heavy (non-hydrogen) atoms. The van der Waals surface area contributed by atoms with Crippen molar-refractivity contribution in [2.75, 3.05) is 0 Å². The number of rotatable bonds is 6. The lowest BCUT2D eigenvalue weighted by atomic mass is 10.2. The molecule has 0 unspecified atom stereocenters. The van der Waals surface area contributed by atoms with E-state index in [4.69, 9.17) is 4.84 Å². The number of carbonyl (C=O) groups is 2.